The van der Waals surface area contributed by atoms with Crippen LogP contribution in [0.5, 0.6) is 0 Å². The van der Waals surface area contributed by atoms with Crippen molar-refractivity contribution in [1.82, 2.24) is 0 Å². The smallest absolute Gasteiger partial charge is 0.297 e. The molecule has 0 atom stereocenters. The molecule has 0 aliphatic carbocycles. The fourth-order valence-electron chi connectivity index (χ4n) is 1.37. The summed E-state index contributed by atoms with van der Waals surface area (Å²) in [6.07, 6.45) is 0. The molecule has 72 valence electrons. The molecule has 1 aliphatic rings. The number of Topliss-reactive ketones (excluding diaryl/α,β-unsaturated/α-hetero) is 1. The standard InChI is InChI=1S/C9H5BrFNO2/c1-3-2-4(10)7-5(6(3)11)8(13)9(14)12-7/h2H,1H3,(H,12,13,14). The van der Waals surface area contributed by atoms with E-state index in [2.05, 4.69) is 21.2 Å². The van der Waals surface area contributed by atoms with Crippen LogP contribution in [0.1, 0.15) is 15.9 Å². The highest BCUT2D eigenvalue weighted by molar-refractivity contribution is 9.10. The topological polar surface area (TPSA) is 46.2 Å². The maximum atomic E-state index is 13.5. The zero-order chi connectivity index (χ0) is 10.5. The minimum atomic E-state index is -0.818. The number of anilines is 1. The summed E-state index contributed by atoms with van der Waals surface area (Å²) in [4.78, 5) is 22.2. The van der Waals surface area contributed by atoms with Crippen LogP contribution in [-0.4, -0.2) is 11.7 Å². The Bertz CT molecular complexity index is 470. The number of aryl methyl sites for hydroxylation is 1. The van der Waals surface area contributed by atoms with E-state index in [-0.39, 0.29) is 11.3 Å². The van der Waals surface area contributed by atoms with Crippen LogP contribution >= 0.6 is 15.9 Å². The molecule has 1 amide bonds. The Morgan fingerprint density at radius 1 is 1.43 bits per heavy atom. The van der Waals surface area contributed by atoms with Crippen LogP contribution in [0.4, 0.5) is 10.1 Å². The minimum absolute atomic E-state index is 0.165. The summed E-state index contributed by atoms with van der Waals surface area (Å²) in [7, 11) is 0. The Morgan fingerprint density at radius 3 is 2.71 bits per heavy atom. The molecule has 3 nitrogen and oxygen atoms in total. The van der Waals surface area contributed by atoms with Gasteiger partial charge in [-0.05, 0) is 34.5 Å². The van der Waals surface area contributed by atoms with Crippen LogP contribution in [0.25, 0.3) is 0 Å². The third kappa shape index (κ3) is 1.09. The molecule has 0 aromatic heterocycles. The molecular weight excluding hydrogens is 253 g/mol. The molecule has 0 spiro atoms. The van der Waals surface area contributed by atoms with E-state index in [4.69, 9.17) is 0 Å². The molecule has 5 heteroatoms. The van der Waals surface area contributed by atoms with Crippen LogP contribution in [0.15, 0.2) is 10.5 Å². The van der Waals surface area contributed by atoms with Gasteiger partial charge in [-0.1, -0.05) is 0 Å². The molecule has 0 fully saturated rings. The molecule has 14 heavy (non-hydrogen) atoms. The molecule has 2 rings (SSSR count). The van der Waals surface area contributed by atoms with Crippen molar-refractivity contribution < 1.29 is 14.0 Å². The van der Waals surface area contributed by atoms with Crippen LogP contribution < -0.4 is 5.32 Å². The third-order valence-electron chi connectivity index (χ3n) is 2.07. The number of fused-ring (bicyclic) bond motifs is 1. The maximum Gasteiger partial charge on any atom is 0.297 e. The Morgan fingerprint density at radius 2 is 2.07 bits per heavy atom. The Labute approximate surface area is 87.4 Å². The van der Waals surface area contributed by atoms with Crippen molar-refractivity contribution in [2.75, 3.05) is 5.32 Å². The quantitative estimate of drug-likeness (QED) is 0.723. The number of amides is 1. The van der Waals surface area contributed by atoms with Gasteiger partial charge in [-0.3, -0.25) is 9.59 Å². The number of nitrogens with one attached hydrogen (secondary N) is 1. The number of carbonyl (C=O) groups is 2. The third-order valence-corrected chi connectivity index (χ3v) is 2.70. The summed E-state index contributed by atoms with van der Waals surface area (Å²) < 4.78 is 14.0. The first-order valence-corrected chi connectivity index (χ1v) is 4.66. The minimum Gasteiger partial charge on any atom is -0.317 e. The van der Waals surface area contributed by atoms with Gasteiger partial charge in [0.25, 0.3) is 11.7 Å². The van der Waals surface area contributed by atoms with Gasteiger partial charge in [0.05, 0.1) is 11.3 Å². The number of carbonyl (C=O) groups excluding carboxylic acids is 2. The number of ketones is 1. The largest absolute Gasteiger partial charge is 0.317 e. The monoisotopic (exact) mass is 257 g/mol. The molecule has 0 bridgehead atoms. The molecular formula is C9H5BrFNO2. The molecule has 1 N–H and O–H groups in total. The first-order valence-electron chi connectivity index (χ1n) is 3.86. The van der Waals surface area contributed by atoms with E-state index in [0.717, 1.165) is 0 Å². The number of hydrogen-bond acceptors (Lipinski definition) is 2. The van der Waals surface area contributed by atoms with E-state index in [1.54, 1.807) is 0 Å². The van der Waals surface area contributed by atoms with Gasteiger partial charge in [-0.25, -0.2) is 4.39 Å². The van der Waals surface area contributed by atoms with E-state index < -0.39 is 17.5 Å². The molecule has 0 unspecified atom stereocenters. The van der Waals surface area contributed by atoms with Crippen molar-refractivity contribution >= 4 is 33.3 Å². The lowest BCUT2D eigenvalue weighted by Gasteiger charge is -2.04. The highest BCUT2D eigenvalue weighted by Gasteiger charge is 2.33. The second-order valence-corrected chi connectivity index (χ2v) is 3.88. The zero-order valence-corrected chi connectivity index (χ0v) is 8.74. The van der Waals surface area contributed by atoms with E-state index in [1.165, 1.54) is 13.0 Å². The van der Waals surface area contributed by atoms with Gasteiger partial charge < -0.3 is 5.32 Å². The Balaban J connectivity index is 2.80. The van der Waals surface area contributed by atoms with Crippen molar-refractivity contribution in [3.63, 3.8) is 0 Å². The lowest BCUT2D eigenvalue weighted by molar-refractivity contribution is -0.112. The average Bonchev–Trinajstić information content (AvgIpc) is 2.41. The summed E-state index contributed by atoms with van der Waals surface area (Å²) >= 11 is 3.15. The van der Waals surface area contributed by atoms with E-state index in [9.17, 15) is 14.0 Å². The predicted octanol–water partition coefficient (Wildman–Crippen LogP) is 2.03. The number of rotatable bonds is 0. The highest BCUT2D eigenvalue weighted by Crippen LogP contribution is 2.34. The normalized spacial score (nSPS) is 14.2. The fourth-order valence-corrected chi connectivity index (χ4v) is 2.01. The Kier molecular flexibility index (Phi) is 1.92. The average molecular weight is 258 g/mol. The SMILES string of the molecule is Cc1cc(Br)c2c(c1F)C(=O)C(=O)N2. The van der Waals surface area contributed by atoms with Crippen molar-refractivity contribution in [2.45, 2.75) is 6.92 Å². The van der Waals surface area contributed by atoms with E-state index >= 15 is 0 Å². The van der Waals surface area contributed by atoms with Gasteiger partial charge >= 0.3 is 0 Å². The maximum absolute atomic E-state index is 13.5. The van der Waals surface area contributed by atoms with Crippen molar-refractivity contribution in [3.05, 3.63) is 27.5 Å². The molecule has 0 radical (unpaired) electrons. The lowest BCUT2D eigenvalue weighted by Crippen LogP contribution is -2.13. The zero-order valence-electron chi connectivity index (χ0n) is 7.15. The number of hydrogen-bond donors (Lipinski definition) is 1. The summed E-state index contributed by atoms with van der Waals surface area (Å²) in [5.41, 5.74) is 0.394. The van der Waals surface area contributed by atoms with E-state index in [1.807, 2.05) is 0 Å². The summed E-state index contributed by atoms with van der Waals surface area (Å²) in [6.45, 7) is 1.54. The summed E-state index contributed by atoms with van der Waals surface area (Å²) in [5.74, 6) is -2.24. The first kappa shape index (κ1) is 9.33. The number of halogens is 2. The van der Waals surface area contributed by atoms with Crippen LogP contribution in [0.3, 0.4) is 0 Å². The van der Waals surface area contributed by atoms with Gasteiger partial charge in [0.1, 0.15) is 5.82 Å². The van der Waals surface area contributed by atoms with Gasteiger partial charge in [0.15, 0.2) is 0 Å². The van der Waals surface area contributed by atoms with Gasteiger partial charge in [0, 0.05) is 4.47 Å². The summed E-state index contributed by atoms with van der Waals surface area (Å²) in [5, 5.41) is 2.31. The molecule has 1 heterocycles. The molecule has 1 aromatic rings. The van der Waals surface area contributed by atoms with Crippen molar-refractivity contribution in [2.24, 2.45) is 0 Å². The number of benzene rings is 1. The van der Waals surface area contributed by atoms with Gasteiger partial charge in [-0.15, -0.1) is 0 Å². The second-order valence-electron chi connectivity index (χ2n) is 3.02. The van der Waals surface area contributed by atoms with Gasteiger partial charge in [-0.2, -0.15) is 0 Å². The second kappa shape index (κ2) is 2.88. The first-order chi connectivity index (χ1) is 6.52. The molecule has 0 saturated carbocycles. The Hall–Kier alpha value is -1.23. The van der Waals surface area contributed by atoms with Crippen LogP contribution in [0.2, 0.25) is 0 Å². The molecule has 1 aliphatic heterocycles. The van der Waals surface area contributed by atoms with Crippen molar-refractivity contribution in [3.8, 4) is 0 Å². The fraction of sp³-hybridized carbons (Fsp3) is 0.111. The van der Waals surface area contributed by atoms with Crippen molar-refractivity contribution in [1.29, 1.82) is 0 Å². The molecule has 0 saturated heterocycles. The van der Waals surface area contributed by atoms with Crippen LogP contribution in [0, 0.1) is 12.7 Å². The summed E-state index contributed by atoms with van der Waals surface area (Å²) in [6, 6.07) is 1.52. The lowest BCUT2D eigenvalue weighted by atomic mass is 10.1. The van der Waals surface area contributed by atoms with Gasteiger partial charge in [0.2, 0.25) is 0 Å². The van der Waals surface area contributed by atoms with E-state index in [0.29, 0.717) is 10.0 Å². The highest BCUT2D eigenvalue weighted by atomic mass is 79.9. The predicted molar refractivity (Wildman–Crippen MR) is 51.8 cm³/mol. The molecule has 1 aromatic carbocycles. The van der Waals surface area contributed by atoms with Crippen LogP contribution in [-0.2, 0) is 4.79 Å².